The molecule has 0 spiro atoms. The van der Waals surface area contributed by atoms with Crippen LogP contribution in [0.15, 0.2) is 24.3 Å². The predicted molar refractivity (Wildman–Crippen MR) is 105 cm³/mol. The Bertz CT molecular complexity index is 729. The monoisotopic (exact) mass is 354 g/mol. The molecular weight excluding hydrogens is 324 g/mol. The van der Waals surface area contributed by atoms with Crippen molar-refractivity contribution in [3.05, 3.63) is 24.3 Å². The third-order valence-electron chi connectivity index (χ3n) is 6.58. The lowest BCUT2D eigenvalue weighted by Crippen LogP contribution is -2.48. The van der Waals surface area contributed by atoms with E-state index in [1.807, 2.05) is 18.2 Å². The summed E-state index contributed by atoms with van der Waals surface area (Å²) in [5.74, 6) is 2.63. The van der Waals surface area contributed by atoms with E-state index in [1.54, 1.807) is 0 Å². The molecule has 1 saturated heterocycles. The minimum absolute atomic E-state index is 0.139. The minimum Gasteiger partial charge on any atom is -0.353 e. The molecule has 2 heterocycles. The number of rotatable bonds is 3. The zero-order chi connectivity index (χ0) is 18.1. The third kappa shape index (κ3) is 3.44. The number of imidazole rings is 1. The summed E-state index contributed by atoms with van der Waals surface area (Å²) < 4.78 is 0. The minimum atomic E-state index is 0.139. The van der Waals surface area contributed by atoms with Gasteiger partial charge in [-0.1, -0.05) is 38.8 Å². The van der Waals surface area contributed by atoms with Gasteiger partial charge in [-0.3, -0.25) is 4.79 Å². The lowest BCUT2D eigenvalue weighted by atomic mass is 9.78. The zero-order valence-corrected chi connectivity index (χ0v) is 15.9. The molecule has 1 aliphatic carbocycles. The van der Waals surface area contributed by atoms with Crippen LogP contribution in [0.4, 0.5) is 5.95 Å². The maximum absolute atomic E-state index is 12.7. The average Bonchev–Trinajstić information content (AvgIpc) is 3.10. The Hall–Kier alpha value is -2.04. The van der Waals surface area contributed by atoms with Crippen LogP contribution in [0, 0.1) is 17.8 Å². The molecule has 5 nitrogen and oxygen atoms in total. The van der Waals surface area contributed by atoms with E-state index in [9.17, 15) is 4.79 Å². The molecule has 2 fully saturated rings. The molecule has 1 aromatic heterocycles. The fourth-order valence-electron chi connectivity index (χ4n) is 4.53. The number of fused-ring (bicyclic) bond motifs is 1. The smallest absolute Gasteiger partial charge is 0.223 e. The number of hydrogen-bond donors (Lipinski definition) is 2. The van der Waals surface area contributed by atoms with Crippen LogP contribution in [0.25, 0.3) is 11.0 Å². The third-order valence-corrected chi connectivity index (χ3v) is 6.58. The number of nitrogens with zero attached hydrogens (tertiary/aromatic N) is 2. The van der Waals surface area contributed by atoms with Crippen LogP contribution in [0.3, 0.4) is 0 Å². The Morgan fingerprint density at radius 2 is 1.92 bits per heavy atom. The molecule has 2 aliphatic rings. The summed E-state index contributed by atoms with van der Waals surface area (Å²) in [4.78, 5) is 23.1. The van der Waals surface area contributed by atoms with E-state index in [2.05, 4.69) is 40.1 Å². The number of H-pyrrole nitrogens is 1. The number of aromatic amines is 1. The number of piperidine rings is 1. The van der Waals surface area contributed by atoms with Gasteiger partial charge in [-0.25, -0.2) is 4.98 Å². The molecule has 1 aromatic carbocycles. The van der Waals surface area contributed by atoms with Crippen molar-refractivity contribution < 1.29 is 4.79 Å². The Labute approximate surface area is 155 Å². The molecule has 0 bridgehead atoms. The molecule has 26 heavy (non-hydrogen) atoms. The number of hydrogen-bond acceptors (Lipinski definition) is 3. The van der Waals surface area contributed by atoms with E-state index >= 15 is 0 Å². The second kappa shape index (κ2) is 7.29. The van der Waals surface area contributed by atoms with E-state index in [0.717, 1.165) is 49.3 Å². The SMILES string of the molecule is CC1CCCC(NC(=O)C2CCN(c3nc4ccccc4[nH]3)CC2)C1C. The van der Waals surface area contributed by atoms with Gasteiger partial charge in [-0.2, -0.15) is 0 Å². The Kier molecular flexibility index (Phi) is 4.88. The quantitative estimate of drug-likeness (QED) is 0.883. The van der Waals surface area contributed by atoms with Crippen molar-refractivity contribution in [2.75, 3.05) is 18.0 Å². The van der Waals surface area contributed by atoms with Crippen LogP contribution in [-0.4, -0.2) is 35.0 Å². The molecule has 140 valence electrons. The molecule has 0 radical (unpaired) electrons. The summed E-state index contributed by atoms with van der Waals surface area (Å²) in [5.41, 5.74) is 2.07. The van der Waals surface area contributed by atoms with Crippen molar-refractivity contribution >= 4 is 22.9 Å². The molecule has 5 heteroatoms. The second-order valence-corrected chi connectivity index (χ2v) is 8.22. The van der Waals surface area contributed by atoms with Crippen LogP contribution in [0.5, 0.6) is 0 Å². The topological polar surface area (TPSA) is 61.0 Å². The fraction of sp³-hybridized carbons (Fsp3) is 0.619. The maximum Gasteiger partial charge on any atom is 0.223 e. The summed E-state index contributed by atoms with van der Waals surface area (Å²) in [6.45, 7) is 6.37. The van der Waals surface area contributed by atoms with Gasteiger partial charge < -0.3 is 15.2 Å². The first kappa shape index (κ1) is 17.4. The predicted octanol–water partition coefficient (Wildman–Crippen LogP) is 3.72. The van der Waals surface area contributed by atoms with E-state index in [0.29, 0.717) is 17.9 Å². The van der Waals surface area contributed by atoms with Crippen molar-refractivity contribution in [2.24, 2.45) is 17.8 Å². The van der Waals surface area contributed by atoms with Gasteiger partial charge in [0.2, 0.25) is 11.9 Å². The number of benzene rings is 1. The molecule has 1 aliphatic heterocycles. The number of anilines is 1. The Morgan fingerprint density at radius 3 is 2.69 bits per heavy atom. The van der Waals surface area contributed by atoms with Crippen molar-refractivity contribution in [3.63, 3.8) is 0 Å². The number of carbonyl (C=O) groups excluding carboxylic acids is 1. The number of para-hydroxylation sites is 2. The fourth-order valence-corrected chi connectivity index (χ4v) is 4.53. The van der Waals surface area contributed by atoms with Gasteiger partial charge >= 0.3 is 0 Å². The molecule has 3 atom stereocenters. The lowest BCUT2D eigenvalue weighted by Gasteiger charge is -2.37. The summed E-state index contributed by atoms with van der Waals surface area (Å²) in [6, 6.07) is 8.48. The zero-order valence-electron chi connectivity index (χ0n) is 15.9. The molecule has 1 saturated carbocycles. The van der Waals surface area contributed by atoms with Gasteiger partial charge in [-0.05, 0) is 43.2 Å². The highest BCUT2D eigenvalue weighted by atomic mass is 16.2. The van der Waals surface area contributed by atoms with Gasteiger partial charge in [0.05, 0.1) is 11.0 Å². The van der Waals surface area contributed by atoms with Gasteiger partial charge in [0.1, 0.15) is 0 Å². The number of carbonyl (C=O) groups is 1. The standard InChI is InChI=1S/C21H30N4O/c1-14-6-5-9-17(15(14)2)22-20(26)16-10-12-25(13-11-16)21-23-18-7-3-4-8-19(18)24-21/h3-4,7-8,14-17H,5-6,9-13H2,1-2H3,(H,22,26)(H,23,24). The molecule has 4 rings (SSSR count). The van der Waals surface area contributed by atoms with Gasteiger partial charge in [0.15, 0.2) is 0 Å². The van der Waals surface area contributed by atoms with Crippen LogP contribution >= 0.6 is 0 Å². The highest BCUT2D eigenvalue weighted by Crippen LogP contribution is 2.30. The van der Waals surface area contributed by atoms with Gasteiger partial charge in [0, 0.05) is 25.0 Å². The summed E-state index contributed by atoms with van der Waals surface area (Å²) in [7, 11) is 0. The summed E-state index contributed by atoms with van der Waals surface area (Å²) >= 11 is 0. The second-order valence-electron chi connectivity index (χ2n) is 8.22. The molecule has 2 aromatic rings. The largest absolute Gasteiger partial charge is 0.353 e. The van der Waals surface area contributed by atoms with Crippen molar-refractivity contribution in [2.45, 2.75) is 52.0 Å². The normalized spacial score (nSPS) is 27.6. The van der Waals surface area contributed by atoms with Gasteiger partial charge in [0.25, 0.3) is 0 Å². The number of nitrogens with one attached hydrogen (secondary N) is 2. The molecule has 2 N–H and O–H groups in total. The van der Waals surface area contributed by atoms with Crippen LogP contribution in [-0.2, 0) is 4.79 Å². The molecular formula is C21H30N4O. The average molecular weight is 354 g/mol. The van der Waals surface area contributed by atoms with E-state index in [1.165, 1.54) is 12.8 Å². The van der Waals surface area contributed by atoms with E-state index in [4.69, 9.17) is 0 Å². The Morgan fingerprint density at radius 1 is 1.15 bits per heavy atom. The number of amides is 1. The van der Waals surface area contributed by atoms with E-state index in [-0.39, 0.29) is 11.8 Å². The molecule has 1 amide bonds. The van der Waals surface area contributed by atoms with Crippen LogP contribution < -0.4 is 10.2 Å². The summed E-state index contributed by atoms with van der Waals surface area (Å²) in [6.07, 6.45) is 5.47. The highest BCUT2D eigenvalue weighted by molar-refractivity contribution is 5.80. The van der Waals surface area contributed by atoms with Crippen LogP contribution in [0.1, 0.15) is 46.0 Å². The van der Waals surface area contributed by atoms with E-state index < -0.39 is 0 Å². The maximum atomic E-state index is 12.7. The lowest BCUT2D eigenvalue weighted by molar-refractivity contribution is -0.127. The highest BCUT2D eigenvalue weighted by Gasteiger charge is 2.32. The first-order valence-corrected chi connectivity index (χ1v) is 10.1. The van der Waals surface area contributed by atoms with Crippen molar-refractivity contribution in [3.8, 4) is 0 Å². The summed E-state index contributed by atoms with van der Waals surface area (Å²) in [5, 5.41) is 3.36. The van der Waals surface area contributed by atoms with Crippen molar-refractivity contribution in [1.29, 1.82) is 0 Å². The first-order chi connectivity index (χ1) is 12.6. The number of aromatic nitrogens is 2. The van der Waals surface area contributed by atoms with Gasteiger partial charge in [-0.15, -0.1) is 0 Å². The Balaban J connectivity index is 1.33. The molecule has 3 unspecified atom stereocenters. The first-order valence-electron chi connectivity index (χ1n) is 10.1. The van der Waals surface area contributed by atoms with Crippen molar-refractivity contribution in [1.82, 2.24) is 15.3 Å². The van der Waals surface area contributed by atoms with Crippen LogP contribution in [0.2, 0.25) is 0 Å².